The van der Waals surface area contributed by atoms with Crippen LogP contribution in [0.15, 0.2) is 109 Å². The second kappa shape index (κ2) is 15.4. The zero-order valence-electron chi connectivity index (χ0n) is 23.8. The number of para-hydroxylation sites is 1. The van der Waals surface area contributed by atoms with Crippen LogP contribution in [0.2, 0.25) is 0 Å². The third kappa shape index (κ3) is 8.25. The second-order valence-electron chi connectivity index (χ2n) is 10.0. The van der Waals surface area contributed by atoms with Crippen molar-refractivity contribution in [1.29, 1.82) is 0 Å². The molecule has 4 aromatic rings. The number of unbranched alkanes of at least 4 members (excludes halogenated alkanes) is 3. The molecule has 0 aliphatic heterocycles. The quantitative estimate of drug-likeness (QED) is 0.0451. The topological polar surface area (TPSA) is 121 Å². The van der Waals surface area contributed by atoms with E-state index in [1.165, 1.54) is 24.3 Å². The van der Waals surface area contributed by atoms with Gasteiger partial charge in [0.1, 0.15) is 5.75 Å². The van der Waals surface area contributed by atoms with Crippen molar-refractivity contribution < 1.29 is 32.7 Å². The first-order valence-corrected chi connectivity index (χ1v) is 15.2. The summed E-state index contributed by atoms with van der Waals surface area (Å²) in [6, 6.07) is 29.3. The van der Waals surface area contributed by atoms with Crippen LogP contribution in [0.5, 0.6) is 23.0 Å². The molecule has 9 heteroatoms. The van der Waals surface area contributed by atoms with Gasteiger partial charge in [-0.3, -0.25) is 4.79 Å². The SMILES string of the molecule is O=C(/C=C/c1cc(O)c(O)c(O)c1)CCCCCCC(c1ccccc1)(c1ccccc1)S(=O)(=O)Oc1ccccc1.P. The maximum atomic E-state index is 14.2. The number of benzene rings is 4. The molecule has 0 spiro atoms. The molecule has 0 saturated carbocycles. The molecule has 0 aromatic heterocycles. The maximum Gasteiger partial charge on any atom is 0.323 e. The molecule has 0 radical (unpaired) electrons. The number of allylic oxidation sites excluding steroid dienone is 1. The lowest BCUT2D eigenvalue weighted by Gasteiger charge is -2.34. The predicted molar refractivity (Wildman–Crippen MR) is 174 cm³/mol. The zero-order chi connectivity index (χ0) is 30.0. The summed E-state index contributed by atoms with van der Waals surface area (Å²) in [5, 5.41) is 28.7. The molecule has 1 atom stereocenters. The molecule has 7 nitrogen and oxygen atoms in total. The first-order chi connectivity index (χ1) is 20.2. The average molecular weight is 621 g/mol. The highest BCUT2D eigenvalue weighted by Crippen LogP contribution is 2.43. The van der Waals surface area contributed by atoms with Gasteiger partial charge < -0.3 is 19.5 Å². The number of hydrogen-bond acceptors (Lipinski definition) is 7. The van der Waals surface area contributed by atoms with Gasteiger partial charge in [-0.2, -0.15) is 18.3 Å². The van der Waals surface area contributed by atoms with Crippen molar-refractivity contribution in [3.8, 4) is 23.0 Å². The van der Waals surface area contributed by atoms with Crippen molar-refractivity contribution in [3.05, 3.63) is 126 Å². The lowest BCUT2D eigenvalue weighted by molar-refractivity contribution is -0.114. The normalized spacial score (nSPS) is 11.6. The van der Waals surface area contributed by atoms with Crippen molar-refractivity contribution in [2.24, 2.45) is 0 Å². The van der Waals surface area contributed by atoms with E-state index in [0.717, 1.165) is 6.42 Å². The van der Waals surface area contributed by atoms with Crippen LogP contribution in [0.1, 0.15) is 55.2 Å². The average Bonchev–Trinajstić information content (AvgIpc) is 2.99. The van der Waals surface area contributed by atoms with Crippen LogP contribution in [0.4, 0.5) is 0 Å². The third-order valence-corrected chi connectivity index (χ3v) is 9.05. The van der Waals surface area contributed by atoms with E-state index in [4.69, 9.17) is 4.18 Å². The number of carbonyl (C=O) groups excluding carboxylic acids is 1. The summed E-state index contributed by atoms with van der Waals surface area (Å²) in [5.74, 6) is -1.43. The van der Waals surface area contributed by atoms with Gasteiger partial charge in [0, 0.05) is 6.42 Å². The van der Waals surface area contributed by atoms with Crippen molar-refractivity contribution >= 4 is 31.9 Å². The summed E-state index contributed by atoms with van der Waals surface area (Å²) in [6.07, 6.45) is 6.05. The fourth-order valence-electron chi connectivity index (χ4n) is 4.98. The van der Waals surface area contributed by atoms with Gasteiger partial charge in [0.05, 0.1) is 0 Å². The lowest BCUT2D eigenvalue weighted by Crippen LogP contribution is -2.40. The van der Waals surface area contributed by atoms with E-state index in [9.17, 15) is 28.5 Å². The van der Waals surface area contributed by atoms with Crippen LogP contribution in [-0.2, 0) is 19.7 Å². The minimum atomic E-state index is -4.21. The largest absolute Gasteiger partial charge is 0.504 e. The molecule has 1 unspecified atom stereocenters. The molecule has 4 rings (SSSR count). The summed E-state index contributed by atoms with van der Waals surface area (Å²) in [5.41, 5.74) is 1.63. The molecular formula is C34H37O7PS. The number of rotatable bonds is 14. The summed E-state index contributed by atoms with van der Waals surface area (Å²) in [7, 11) is -4.21. The standard InChI is InChI=1S/C34H34O7S.H3P/c35-29(22-21-26-24-31(36)33(38)32(37)25-26)18-10-1-2-13-23-34(27-14-6-3-7-15-27,28-16-8-4-9-17-28)42(39,40)41-30-19-11-5-12-20-30;/h3-9,11-12,14-17,19-22,24-25,36-38H,1-2,10,13,18,23H2;1H3/b22-21+;. The van der Waals surface area contributed by atoms with Gasteiger partial charge in [0.15, 0.2) is 27.8 Å². The molecule has 0 bridgehead atoms. The van der Waals surface area contributed by atoms with E-state index in [1.807, 2.05) is 60.7 Å². The Labute approximate surface area is 256 Å². The fraction of sp³-hybridized carbons (Fsp3) is 0.206. The molecular weight excluding hydrogens is 583 g/mol. The molecule has 0 fully saturated rings. The molecule has 0 saturated heterocycles. The highest BCUT2D eigenvalue weighted by Gasteiger charge is 2.48. The first-order valence-electron chi connectivity index (χ1n) is 13.8. The number of carbonyl (C=O) groups is 1. The zero-order valence-corrected chi connectivity index (χ0v) is 26.0. The van der Waals surface area contributed by atoms with E-state index >= 15 is 0 Å². The van der Waals surface area contributed by atoms with Gasteiger partial charge in [0.25, 0.3) is 0 Å². The van der Waals surface area contributed by atoms with E-state index in [1.54, 1.807) is 30.3 Å². The number of hydrogen-bond donors (Lipinski definition) is 3. The van der Waals surface area contributed by atoms with Crippen LogP contribution >= 0.6 is 9.90 Å². The fourth-order valence-corrected chi connectivity index (χ4v) is 6.73. The van der Waals surface area contributed by atoms with Gasteiger partial charge in [0.2, 0.25) is 0 Å². The monoisotopic (exact) mass is 620 g/mol. The first kappa shape index (κ1) is 33.4. The summed E-state index contributed by atoms with van der Waals surface area (Å²) >= 11 is 0. The van der Waals surface area contributed by atoms with Gasteiger partial charge in [-0.05, 0) is 59.9 Å². The molecule has 0 aliphatic carbocycles. The summed E-state index contributed by atoms with van der Waals surface area (Å²) in [4.78, 5) is 12.4. The van der Waals surface area contributed by atoms with E-state index in [-0.39, 0.29) is 27.9 Å². The van der Waals surface area contributed by atoms with Crippen LogP contribution in [0.3, 0.4) is 0 Å². The predicted octanol–water partition coefficient (Wildman–Crippen LogP) is 7.14. The van der Waals surface area contributed by atoms with Crippen molar-refractivity contribution in [2.75, 3.05) is 0 Å². The Kier molecular flexibility index (Phi) is 11.9. The summed E-state index contributed by atoms with van der Waals surface area (Å²) < 4.78 is 32.6. The van der Waals surface area contributed by atoms with Crippen molar-refractivity contribution in [3.63, 3.8) is 0 Å². The minimum Gasteiger partial charge on any atom is -0.504 e. The number of ketones is 1. The third-order valence-electron chi connectivity index (χ3n) is 7.11. The Balaban J connectivity index is 0.00000506. The van der Waals surface area contributed by atoms with Gasteiger partial charge >= 0.3 is 10.1 Å². The van der Waals surface area contributed by atoms with Crippen LogP contribution in [-0.4, -0.2) is 29.5 Å². The molecule has 0 heterocycles. The molecule has 226 valence electrons. The number of phenolic OH excluding ortho intramolecular Hbond substituents is 3. The Hall–Kier alpha value is -4.13. The molecule has 0 aliphatic rings. The number of aromatic hydroxyl groups is 3. The van der Waals surface area contributed by atoms with Crippen LogP contribution in [0, 0.1) is 0 Å². The second-order valence-corrected chi connectivity index (χ2v) is 11.8. The van der Waals surface area contributed by atoms with Crippen molar-refractivity contribution in [2.45, 2.75) is 43.3 Å². The Morgan fingerprint density at radius 2 is 1.21 bits per heavy atom. The highest BCUT2D eigenvalue weighted by atomic mass is 32.2. The highest BCUT2D eigenvalue weighted by molar-refractivity contribution is 7.88. The molecule has 43 heavy (non-hydrogen) atoms. The molecule has 0 amide bonds. The Morgan fingerprint density at radius 1 is 0.721 bits per heavy atom. The summed E-state index contributed by atoms with van der Waals surface area (Å²) in [6.45, 7) is 0. The van der Waals surface area contributed by atoms with Gasteiger partial charge in [-0.25, -0.2) is 0 Å². The molecule has 4 aromatic carbocycles. The van der Waals surface area contributed by atoms with Crippen molar-refractivity contribution in [1.82, 2.24) is 0 Å². The van der Waals surface area contributed by atoms with Gasteiger partial charge in [-0.1, -0.05) is 104 Å². The minimum absolute atomic E-state index is 0. The van der Waals surface area contributed by atoms with Crippen LogP contribution in [0.25, 0.3) is 6.08 Å². The maximum absolute atomic E-state index is 14.2. The van der Waals surface area contributed by atoms with E-state index < -0.39 is 32.1 Å². The van der Waals surface area contributed by atoms with Gasteiger partial charge in [-0.15, -0.1) is 0 Å². The Bertz CT molecular complexity index is 1540. The number of phenols is 3. The Morgan fingerprint density at radius 3 is 1.74 bits per heavy atom. The van der Waals surface area contributed by atoms with E-state index in [0.29, 0.717) is 42.4 Å². The smallest absolute Gasteiger partial charge is 0.323 e. The molecule has 3 N–H and O–H groups in total. The van der Waals surface area contributed by atoms with Crippen LogP contribution < -0.4 is 4.18 Å². The lowest BCUT2D eigenvalue weighted by atomic mass is 9.85. The van der Waals surface area contributed by atoms with E-state index in [2.05, 4.69) is 0 Å².